The second-order valence-corrected chi connectivity index (χ2v) is 5.52. The number of hydrogen-bond donors (Lipinski definition) is 1. The Labute approximate surface area is 110 Å². The molecule has 94 valence electrons. The van der Waals surface area contributed by atoms with E-state index >= 15 is 0 Å². The molecule has 0 unspecified atom stereocenters. The van der Waals surface area contributed by atoms with E-state index in [1.807, 2.05) is 20.8 Å². The van der Waals surface area contributed by atoms with Crippen LogP contribution in [0.2, 0.25) is 5.02 Å². The van der Waals surface area contributed by atoms with Crippen molar-refractivity contribution in [1.82, 2.24) is 15.0 Å². The highest BCUT2D eigenvalue weighted by Gasteiger charge is 2.18. The molecule has 18 heavy (non-hydrogen) atoms. The molecule has 0 bridgehead atoms. The van der Waals surface area contributed by atoms with E-state index in [9.17, 15) is 4.79 Å². The van der Waals surface area contributed by atoms with Crippen molar-refractivity contribution in [3.05, 3.63) is 45.6 Å². The van der Waals surface area contributed by atoms with Crippen LogP contribution in [-0.2, 0) is 5.41 Å². The van der Waals surface area contributed by atoms with Gasteiger partial charge in [0, 0.05) is 16.0 Å². The maximum Gasteiger partial charge on any atom is 0.348 e. The van der Waals surface area contributed by atoms with Crippen molar-refractivity contribution in [3.63, 3.8) is 0 Å². The lowest BCUT2D eigenvalue weighted by Gasteiger charge is -2.17. The zero-order chi connectivity index (χ0) is 13.3. The molecular formula is C13H14ClN3O. The summed E-state index contributed by atoms with van der Waals surface area (Å²) in [6, 6.07) is 7.09. The van der Waals surface area contributed by atoms with Gasteiger partial charge in [-0.2, -0.15) is 4.98 Å². The van der Waals surface area contributed by atoms with E-state index in [0.29, 0.717) is 16.7 Å². The first-order valence-electron chi connectivity index (χ1n) is 5.61. The molecule has 2 aromatic rings. The van der Waals surface area contributed by atoms with Crippen LogP contribution in [0.1, 0.15) is 26.6 Å². The Balaban J connectivity index is 2.55. The fraction of sp³-hybridized carbons (Fsp3) is 0.308. The molecule has 1 aromatic heterocycles. The van der Waals surface area contributed by atoms with Crippen LogP contribution in [-0.4, -0.2) is 15.0 Å². The number of halogens is 1. The van der Waals surface area contributed by atoms with Gasteiger partial charge >= 0.3 is 5.69 Å². The fourth-order valence-corrected chi connectivity index (χ4v) is 1.59. The number of hydrogen-bond acceptors (Lipinski definition) is 3. The molecule has 1 heterocycles. The van der Waals surface area contributed by atoms with Crippen LogP contribution in [0.4, 0.5) is 0 Å². The van der Waals surface area contributed by atoms with Crippen LogP contribution in [0.3, 0.4) is 0 Å². The lowest BCUT2D eigenvalue weighted by atomic mass is 9.96. The van der Waals surface area contributed by atoms with Crippen LogP contribution in [0.25, 0.3) is 11.4 Å². The maximum atomic E-state index is 11.6. The molecule has 0 atom stereocenters. The normalized spacial score (nSPS) is 11.6. The highest BCUT2D eigenvalue weighted by Crippen LogP contribution is 2.21. The van der Waals surface area contributed by atoms with Gasteiger partial charge in [-0.05, 0) is 24.3 Å². The summed E-state index contributed by atoms with van der Waals surface area (Å²) in [6.45, 7) is 5.95. The Kier molecular flexibility index (Phi) is 3.22. The molecule has 0 saturated carbocycles. The van der Waals surface area contributed by atoms with Crippen LogP contribution >= 0.6 is 11.6 Å². The van der Waals surface area contributed by atoms with E-state index in [-0.39, 0.29) is 11.1 Å². The van der Waals surface area contributed by atoms with Gasteiger partial charge in [-0.1, -0.05) is 32.4 Å². The Hall–Kier alpha value is -1.68. The zero-order valence-electron chi connectivity index (χ0n) is 10.5. The second-order valence-electron chi connectivity index (χ2n) is 5.08. The van der Waals surface area contributed by atoms with Crippen molar-refractivity contribution < 1.29 is 0 Å². The molecule has 0 amide bonds. The van der Waals surface area contributed by atoms with E-state index in [2.05, 4.69) is 15.0 Å². The van der Waals surface area contributed by atoms with Gasteiger partial charge in [-0.25, -0.2) is 9.78 Å². The van der Waals surface area contributed by atoms with E-state index in [4.69, 9.17) is 11.6 Å². The summed E-state index contributed by atoms with van der Waals surface area (Å²) in [5.41, 5.74) is 0.152. The summed E-state index contributed by atoms with van der Waals surface area (Å²) in [6.07, 6.45) is 0. The van der Waals surface area contributed by atoms with Crippen LogP contribution in [0.15, 0.2) is 29.1 Å². The topological polar surface area (TPSA) is 58.6 Å². The minimum Gasteiger partial charge on any atom is -0.293 e. The van der Waals surface area contributed by atoms with E-state index in [0.717, 1.165) is 5.56 Å². The van der Waals surface area contributed by atoms with Crippen LogP contribution in [0, 0.1) is 0 Å². The summed E-state index contributed by atoms with van der Waals surface area (Å²) >= 11 is 5.83. The minimum absolute atomic E-state index is 0.233. The highest BCUT2D eigenvalue weighted by atomic mass is 35.5. The smallest absolute Gasteiger partial charge is 0.293 e. The molecule has 0 spiro atoms. The lowest BCUT2D eigenvalue weighted by Crippen LogP contribution is -2.24. The monoisotopic (exact) mass is 263 g/mol. The SMILES string of the molecule is CC(C)(C)c1nc(-c2ccc(Cl)cc2)nc(=O)[nH]1. The van der Waals surface area contributed by atoms with Crippen molar-refractivity contribution >= 4 is 11.6 Å². The molecule has 0 fully saturated rings. The number of benzene rings is 1. The third-order valence-corrected chi connectivity index (χ3v) is 2.72. The molecule has 5 heteroatoms. The molecule has 0 aliphatic carbocycles. The summed E-state index contributed by atoms with van der Waals surface area (Å²) < 4.78 is 0. The van der Waals surface area contributed by atoms with Gasteiger partial charge in [-0.15, -0.1) is 0 Å². The Morgan fingerprint density at radius 1 is 1.11 bits per heavy atom. The number of rotatable bonds is 1. The van der Waals surface area contributed by atoms with Gasteiger partial charge in [0.2, 0.25) is 0 Å². The molecular weight excluding hydrogens is 250 g/mol. The van der Waals surface area contributed by atoms with Crippen molar-refractivity contribution in [2.75, 3.05) is 0 Å². The number of aromatic nitrogens is 3. The van der Waals surface area contributed by atoms with E-state index in [1.54, 1.807) is 24.3 Å². The Bertz CT molecular complexity index is 611. The quantitative estimate of drug-likeness (QED) is 0.861. The molecule has 0 aliphatic heterocycles. The standard InChI is InChI=1S/C13H14ClN3O/c1-13(2,3)11-15-10(16-12(18)17-11)8-4-6-9(14)7-5-8/h4-7H,1-3H3,(H,15,16,17,18). The zero-order valence-corrected chi connectivity index (χ0v) is 11.2. The molecule has 4 nitrogen and oxygen atoms in total. The third-order valence-electron chi connectivity index (χ3n) is 2.46. The van der Waals surface area contributed by atoms with Gasteiger partial charge < -0.3 is 0 Å². The maximum absolute atomic E-state index is 11.6. The lowest BCUT2D eigenvalue weighted by molar-refractivity contribution is 0.539. The van der Waals surface area contributed by atoms with Crippen molar-refractivity contribution in [3.8, 4) is 11.4 Å². The minimum atomic E-state index is -0.389. The largest absolute Gasteiger partial charge is 0.348 e. The van der Waals surface area contributed by atoms with Gasteiger partial charge in [0.1, 0.15) is 5.82 Å². The third kappa shape index (κ3) is 2.76. The summed E-state index contributed by atoms with van der Waals surface area (Å²) in [7, 11) is 0. The summed E-state index contributed by atoms with van der Waals surface area (Å²) in [5, 5.41) is 0.639. The van der Waals surface area contributed by atoms with Crippen LogP contribution < -0.4 is 5.69 Å². The molecule has 1 aromatic carbocycles. The molecule has 0 radical (unpaired) electrons. The van der Waals surface area contributed by atoms with E-state index < -0.39 is 0 Å². The number of nitrogens with one attached hydrogen (secondary N) is 1. The predicted molar refractivity (Wildman–Crippen MR) is 71.8 cm³/mol. The first kappa shape index (κ1) is 12.8. The number of H-pyrrole nitrogens is 1. The predicted octanol–water partition coefficient (Wildman–Crippen LogP) is 2.78. The molecule has 0 aliphatic rings. The average molecular weight is 264 g/mol. The second kappa shape index (κ2) is 4.53. The van der Waals surface area contributed by atoms with Gasteiger partial charge in [0.15, 0.2) is 5.82 Å². The van der Waals surface area contributed by atoms with Crippen LogP contribution in [0.5, 0.6) is 0 Å². The van der Waals surface area contributed by atoms with Gasteiger partial charge in [0.05, 0.1) is 0 Å². The number of nitrogens with zero attached hydrogens (tertiary/aromatic N) is 2. The average Bonchev–Trinajstić information content (AvgIpc) is 2.28. The van der Waals surface area contributed by atoms with Crippen molar-refractivity contribution in [2.45, 2.75) is 26.2 Å². The summed E-state index contributed by atoms with van der Waals surface area (Å²) in [5.74, 6) is 1.03. The van der Waals surface area contributed by atoms with Gasteiger partial charge in [-0.3, -0.25) is 4.98 Å². The molecule has 0 saturated heterocycles. The first-order chi connectivity index (χ1) is 8.36. The summed E-state index contributed by atoms with van der Waals surface area (Å²) in [4.78, 5) is 22.5. The van der Waals surface area contributed by atoms with Crippen molar-refractivity contribution in [2.24, 2.45) is 0 Å². The fourth-order valence-electron chi connectivity index (χ4n) is 1.47. The molecule has 1 N–H and O–H groups in total. The van der Waals surface area contributed by atoms with Crippen molar-refractivity contribution in [1.29, 1.82) is 0 Å². The van der Waals surface area contributed by atoms with E-state index in [1.165, 1.54) is 0 Å². The highest BCUT2D eigenvalue weighted by molar-refractivity contribution is 6.30. The number of aromatic amines is 1. The first-order valence-corrected chi connectivity index (χ1v) is 5.99. The van der Waals surface area contributed by atoms with Gasteiger partial charge in [0.25, 0.3) is 0 Å². The Morgan fingerprint density at radius 2 is 1.72 bits per heavy atom. The Morgan fingerprint density at radius 3 is 2.28 bits per heavy atom. The molecule has 2 rings (SSSR count).